The van der Waals surface area contributed by atoms with E-state index in [4.69, 9.17) is 10.8 Å². The highest BCUT2D eigenvalue weighted by atomic mass is 19.4. The number of carbonyl (C=O) groups excluding carboxylic acids is 1. The summed E-state index contributed by atoms with van der Waals surface area (Å²) < 4.78 is 42.9. The molecule has 0 aliphatic carbocycles. The Morgan fingerprint density at radius 2 is 1.80 bits per heavy atom. The number of piperazine rings is 1. The van der Waals surface area contributed by atoms with E-state index in [1.807, 2.05) is 25.8 Å². The molecule has 1 fully saturated rings. The summed E-state index contributed by atoms with van der Waals surface area (Å²) in [6.07, 6.45) is -0.345. The fraction of sp³-hybridized carbons (Fsp3) is 0.310. The number of carbonyl (C=O) groups is 1. The normalized spacial score (nSPS) is 13.8. The van der Waals surface area contributed by atoms with Gasteiger partial charge in [0.2, 0.25) is 0 Å². The smallest absolute Gasteiger partial charge is 0.322 e. The maximum Gasteiger partial charge on any atom is 0.416 e. The van der Waals surface area contributed by atoms with Gasteiger partial charge in [0.15, 0.2) is 5.84 Å². The van der Waals surface area contributed by atoms with Crippen LogP contribution in [0, 0.1) is 22.7 Å². The van der Waals surface area contributed by atoms with Gasteiger partial charge in [-0.15, -0.1) is 0 Å². The van der Waals surface area contributed by atoms with Crippen molar-refractivity contribution in [2.45, 2.75) is 26.6 Å². The number of rotatable bonds is 4. The van der Waals surface area contributed by atoms with Crippen molar-refractivity contribution in [1.29, 1.82) is 10.8 Å². The van der Waals surface area contributed by atoms with Crippen LogP contribution in [0.5, 0.6) is 0 Å². The van der Waals surface area contributed by atoms with Crippen molar-refractivity contribution in [3.63, 3.8) is 0 Å². The van der Waals surface area contributed by atoms with Crippen molar-refractivity contribution < 1.29 is 18.0 Å². The van der Waals surface area contributed by atoms with Gasteiger partial charge in [0.25, 0.3) is 5.91 Å². The Morgan fingerprint density at radius 1 is 1.07 bits per heavy atom. The quantitative estimate of drug-likeness (QED) is 0.256. The van der Waals surface area contributed by atoms with Crippen LogP contribution < -0.4 is 10.8 Å². The number of halogens is 3. The topological polar surface area (TPSA) is 101 Å². The van der Waals surface area contributed by atoms with E-state index >= 15 is 0 Å². The summed E-state index contributed by atoms with van der Waals surface area (Å²) in [5.74, 6) is 4.57. The van der Waals surface area contributed by atoms with Gasteiger partial charge in [-0.25, -0.2) is 0 Å². The highest BCUT2D eigenvalue weighted by Gasteiger charge is 2.34. The van der Waals surface area contributed by atoms with Crippen LogP contribution in [0.3, 0.4) is 0 Å². The molecule has 0 bridgehead atoms. The molecular weight excluding hydrogens is 519 g/mol. The van der Waals surface area contributed by atoms with Crippen molar-refractivity contribution in [2.24, 2.45) is 0 Å². The number of anilines is 1. The number of hydrogen-bond donors (Lipinski definition) is 3. The Balaban J connectivity index is 0.00000216. The summed E-state index contributed by atoms with van der Waals surface area (Å²) in [6, 6.07) is 10.1. The monoisotopic (exact) mass is 551 g/mol. The largest absolute Gasteiger partial charge is 0.416 e. The molecule has 0 saturated carbocycles. The van der Waals surface area contributed by atoms with Crippen LogP contribution in [0.4, 0.5) is 18.9 Å². The lowest BCUT2D eigenvalue weighted by Crippen LogP contribution is -2.44. The van der Waals surface area contributed by atoms with Gasteiger partial charge in [-0.05, 0) is 48.9 Å². The van der Waals surface area contributed by atoms with E-state index in [2.05, 4.69) is 27.0 Å². The Labute approximate surface area is 231 Å². The first kappa shape index (κ1) is 30.3. The first-order valence-electron chi connectivity index (χ1n) is 12.8. The van der Waals surface area contributed by atoms with Gasteiger partial charge >= 0.3 is 6.18 Å². The van der Waals surface area contributed by atoms with Gasteiger partial charge in [0.05, 0.1) is 11.1 Å². The lowest BCUT2D eigenvalue weighted by Gasteiger charge is -2.33. The number of nitrogens with zero attached hydrogens (tertiary/aromatic N) is 4. The molecular formula is C29H32F3N7O. The van der Waals surface area contributed by atoms with Crippen LogP contribution >= 0.6 is 0 Å². The number of likely N-dealkylation sites (N-methyl/N-ethyl adjacent to an activating group) is 1. The van der Waals surface area contributed by atoms with Crippen molar-refractivity contribution >= 4 is 17.4 Å². The Morgan fingerprint density at radius 3 is 2.48 bits per heavy atom. The van der Waals surface area contributed by atoms with E-state index in [1.165, 1.54) is 47.4 Å². The SMILES string of the molecule is CC.CN1CCN(Cc2ccc(NC(=O)c3cncc(C#CC(=N)n4ccccc4=N)c3)cc2C(F)(F)F)CC1. The van der Waals surface area contributed by atoms with Crippen molar-refractivity contribution in [3.05, 3.63) is 88.8 Å². The standard InChI is InChI=1S/C27H26F3N7O.C2H6/c1-35-10-12-36(13-11-35)18-20-6-7-22(15-23(20)27(28,29)30)34-26(38)21-14-19(16-33-17-21)5-8-25(32)37-9-3-2-4-24(37)31;1-2/h2-4,6-7,9,14-17,31-32H,10-13,18H2,1H3,(H,34,38);1-2H3. The molecule has 0 atom stereocenters. The zero-order chi connectivity index (χ0) is 29.3. The molecule has 2 aromatic heterocycles. The summed E-state index contributed by atoms with van der Waals surface area (Å²) in [5.41, 5.74) is -0.0702. The molecule has 11 heteroatoms. The van der Waals surface area contributed by atoms with E-state index in [0.29, 0.717) is 18.7 Å². The van der Waals surface area contributed by atoms with E-state index in [9.17, 15) is 18.0 Å². The molecule has 3 N–H and O–H groups in total. The molecule has 3 heterocycles. The van der Waals surface area contributed by atoms with E-state index < -0.39 is 17.6 Å². The lowest BCUT2D eigenvalue weighted by atomic mass is 10.0. The highest BCUT2D eigenvalue weighted by Crippen LogP contribution is 2.34. The second-order valence-corrected chi connectivity index (χ2v) is 8.92. The van der Waals surface area contributed by atoms with Gasteiger partial charge in [0, 0.05) is 62.6 Å². The number of amides is 1. The van der Waals surface area contributed by atoms with Gasteiger partial charge < -0.3 is 10.2 Å². The summed E-state index contributed by atoms with van der Waals surface area (Å²) in [4.78, 5) is 20.9. The summed E-state index contributed by atoms with van der Waals surface area (Å²) >= 11 is 0. The molecule has 3 aromatic rings. The fourth-order valence-electron chi connectivity index (χ4n) is 3.97. The molecule has 210 valence electrons. The molecule has 1 saturated heterocycles. The number of hydrogen-bond acceptors (Lipinski definition) is 6. The maximum atomic E-state index is 13.9. The van der Waals surface area contributed by atoms with E-state index in [-0.39, 0.29) is 34.7 Å². The Bertz CT molecular complexity index is 1460. The number of benzene rings is 1. The van der Waals surface area contributed by atoms with Crippen LogP contribution in [0.25, 0.3) is 0 Å². The van der Waals surface area contributed by atoms with Crippen LogP contribution in [0.15, 0.2) is 61.1 Å². The third-order valence-electron chi connectivity index (χ3n) is 6.09. The van der Waals surface area contributed by atoms with Gasteiger partial charge in [0.1, 0.15) is 5.49 Å². The average molecular weight is 552 g/mol. The molecule has 1 aliphatic rings. The number of nitrogens with one attached hydrogen (secondary N) is 3. The minimum absolute atomic E-state index is 0.0196. The number of aromatic nitrogens is 2. The molecule has 40 heavy (non-hydrogen) atoms. The van der Waals surface area contributed by atoms with Crippen LogP contribution in [-0.4, -0.2) is 64.3 Å². The molecule has 8 nitrogen and oxygen atoms in total. The second-order valence-electron chi connectivity index (χ2n) is 8.92. The van der Waals surface area contributed by atoms with Crippen LogP contribution in [0.1, 0.15) is 40.9 Å². The summed E-state index contributed by atoms with van der Waals surface area (Å²) in [7, 11) is 1.98. The Hall–Kier alpha value is -4.27. The van der Waals surface area contributed by atoms with Gasteiger partial charge in [-0.2, -0.15) is 13.2 Å². The predicted molar refractivity (Wildman–Crippen MR) is 148 cm³/mol. The minimum Gasteiger partial charge on any atom is -0.322 e. The van der Waals surface area contributed by atoms with Crippen molar-refractivity contribution in [1.82, 2.24) is 19.4 Å². The molecule has 0 unspecified atom stereocenters. The van der Waals surface area contributed by atoms with Gasteiger partial charge in [-0.1, -0.05) is 31.9 Å². The van der Waals surface area contributed by atoms with Crippen LogP contribution in [-0.2, 0) is 12.7 Å². The molecule has 1 amide bonds. The number of alkyl halides is 3. The average Bonchev–Trinajstić information content (AvgIpc) is 2.94. The highest BCUT2D eigenvalue weighted by molar-refractivity contribution is 6.04. The van der Waals surface area contributed by atoms with Gasteiger partial charge in [-0.3, -0.25) is 30.1 Å². The molecule has 1 aromatic carbocycles. The summed E-state index contributed by atoms with van der Waals surface area (Å²) in [6.45, 7) is 7.15. The molecule has 1 aliphatic heterocycles. The second kappa shape index (κ2) is 13.7. The third kappa shape index (κ3) is 8.11. The van der Waals surface area contributed by atoms with Crippen molar-refractivity contribution in [2.75, 3.05) is 38.5 Å². The fourth-order valence-corrected chi connectivity index (χ4v) is 3.97. The zero-order valence-corrected chi connectivity index (χ0v) is 22.6. The first-order valence-corrected chi connectivity index (χ1v) is 12.8. The molecule has 0 radical (unpaired) electrons. The predicted octanol–water partition coefficient (Wildman–Crippen LogP) is 4.28. The minimum atomic E-state index is -4.57. The maximum absolute atomic E-state index is 13.9. The lowest BCUT2D eigenvalue weighted by molar-refractivity contribution is -0.138. The third-order valence-corrected chi connectivity index (χ3v) is 6.09. The number of pyridine rings is 2. The van der Waals surface area contributed by atoms with Crippen LogP contribution in [0.2, 0.25) is 0 Å². The first-order chi connectivity index (χ1) is 19.1. The van der Waals surface area contributed by atoms with E-state index in [1.54, 1.807) is 12.1 Å². The van der Waals surface area contributed by atoms with Crippen molar-refractivity contribution in [3.8, 4) is 11.8 Å². The molecule has 0 spiro atoms. The Kier molecular flexibility index (Phi) is 10.4. The zero-order valence-electron chi connectivity index (χ0n) is 22.6. The van der Waals surface area contributed by atoms with E-state index in [0.717, 1.165) is 19.2 Å². The molecule has 4 rings (SSSR count). The summed E-state index contributed by atoms with van der Waals surface area (Å²) in [5, 5.41) is 18.4.